The molecule has 1 aliphatic rings. The second kappa shape index (κ2) is 8.02. The van der Waals surface area contributed by atoms with E-state index in [1.54, 1.807) is 0 Å². The fourth-order valence-electron chi connectivity index (χ4n) is 2.60. The lowest BCUT2D eigenvalue weighted by Crippen LogP contribution is -2.49. The number of carboxylic acids is 1. The number of hydrogen-bond donors (Lipinski definition) is 2. The minimum Gasteiger partial charge on any atom is -0.480 e. The van der Waals surface area contributed by atoms with Gasteiger partial charge in [-0.3, -0.25) is 4.79 Å². The van der Waals surface area contributed by atoms with E-state index >= 15 is 0 Å². The standard InChI is InChI=1S/C14H26N2O3/c1-3-4-7-11(2)15-14(19)16(10-13(17)18)12-8-5-6-9-12/h11-12H,3-10H2,1-2H3,(H,15,19)(H,17,18). The van der Waals surface area contributed by atoms with Gasteiger partial charge < -0.3 is 15.3 Å². The van der Waals surface area contributed by atoms with Crippen LogP contribution in [0, 0.1) is 0 Å². The molecule has 2 N–H and O–H groups in total. The number of aliphatic carboxylic acids is 1. The molecule has 2 amide bonds. The van der Waals surface area contributed by atoms with E-state index in [1.807, 2.05) is 6.92 Å². The predicted molar refractivity (Wildman–Crippen MR) is 74.1 cm³/mol. The van der Waals surface area contributed by atoms with Crippen molar-refractivity contribution in [2.45, 2.75) is 70.9 Å². The number of nitrogens with zero attached hydrogens (tertiary/aromatic N) is 1. The molecule has 1 unspecified atom stereocenters. The summed E-state index contributed by atoms with van der Waals surface area (Å²) in [7, 11) is 0. The van der Waals surface area contributed by atoms with Crippen molar-refractivity contribution < 1.29 is 14.7 Å². The average Bonchev–Trinajstić information content (AvgIpc) is 2.86. The Hall–Kier alpha value is -1.26. The minimum atomic E-state index is -0.941. The number of rotatable bonds is 7. The lowest BCUT2D eigenvalue weighted by atomic mass is 10.1. The van der Waals surface area contributed by atoms with Crippen LogP contribution in [0.5, 0.6) is 0 Å². The maximum absolute atomic E-state index is 12.2. The Labute approximate surface area is 115 Å². The molecule has 5 heteroatoms. The highest BCUT2D eigenvalue weighted by Gasteiger charge is 2.28. The van der Waals surface area contributed by atoms with Crippen LogP contribution < -0.4 is 5.32 Å². The summed E-state index contributed by atoms with van der Waals surface area (Å²) < 4.78 is 0. The molecule has 1 fully saturated rings. The van der Waals surface area contributed by atoms with Crippen LogP contribution in [0.4, 0.5) is 4.79 Å². The number of carbonyl (C=O) groups excluding carboxylic acids is 1. The van der Waals surface area contributed by atoms with E-state index in [-0.39, 0.29) is 24.7 Å². The van der Waals surface area contributed by atoms with Crippen molar-refractivity contribution in [1.29, 1.82) is 0 Å². The third kappa shape index (κ3) is 5.49. The van der Waals surface area contributed by atoms with Gasteiger partial charge in [0.15, 0.2) is 0 Å². The van der Waals surface area contributed by atoms with Gasteiger partial charge in [-0.1, -0.05) is 32.6 Å². The molecule has 19 heavy (non-hydrogen) atoms. The van der Waals surface area contributed by atoms with Gasteiger partial charge in [-0.05, 0) is 26.2 Å². The van der Waals surface area contributed by atoms with Crippen LogP contribution in [0.25, 0.3) is 0 Å². The molecule has 0 aliphatic heterocycles. The lowest BCUT2D eigenvalue weighted by Gasteiger charge is -2.29. The molecule has 0 spiro atoms. The third-order valence-electron chi connectivity index (χ3n) is 3.69. The van der Waals surface area contributed by atoms with Crippen LogP contribution in [-0.2, 0) is 4.79 Å². The number of unbranched alkanes of at least 4 members (excludes halogenated alkanes) is 1. The molecule has 5 nitrogen and oxygen atoms in total. The SMILES string of the molecule is CCCCC(C)NC(=O)N(CC(=O)O)C1CCCC1. The molecule has 1 atom stereocenters. The molecule has 0 bridgehead atoms. The number of urea groups is 1. The van der Waals surface area contributed by atoms with E-state index < -0.39 is 5.97 Å². The fourth-order valence-corrected chi connectivity index (χ4v) is 2.60. The van der Waals surface area contributed by atoms with Gasteiger partial charge in [0, 0.05) is 12.1 Å². The first-order valence-electron chi connectivity index (χ1n) is 7.33. The number of carboxylic acid groups (broad SMARTS) is 1. The highest BCUT2D eigenvalue weighted by atomic mass is 16.4. The topological polar surface area (TPSA) is 69.6 Å². The second-order valence-electron chi connectivity index (χ2n) is 5.45. The summed E-state index contributed by atoms with van der Waals surface area (Å²) in [5, 5.41) is 11.9. The maximum atomic E-state index is 12.2. The van der Waals surface area contributed by atoms with Gasteiger partial charge in [-0.2, -0.15) is 0 Å². The molecule has 1 saturated carbocycles. The second-order valence-corrected chi connectivity index (χ2v) is 5.45. The van der Waals surface area contributed by atoms with Crippen LogP contribution >= 0.6 is 0 Å². The molecule has 1 rings (SSSR count). The fraction of sp³-hybridized carbons (Fsp3) is 0.857. The summed E-state index contributed by atoms with van der Waals surface area (Å²) in [6.45, 7) is 3.89. The predicted octanol–water partition coefficient (Wildman–Crippen LogP) is 2.60. The van der Waals surface area contributed by atoms with Gasteiger partial charge in [-0.15, -0.1) is 0 Å². The van der Waals surface area contributed by atoms with Crippen molar-refractivity contribution in [2.24, 2.45) is 0 Å². The van der Waals surface area contributed by atoms with Crippen molar-refractivity contribution in [1.82, 2.24) is 10.2 Å². The highest BCUT2D eigenvalue weighted by molar-refractivity contribution is 5.80. The van der Waals surface area contributed by atoms with Crippen LogP contribution in [0.3, 0.4) is 0 Å². The number of carbonyl (C=O) groups is 2. The van der Waals surface area contributed by atoms with Crippen molar-refractivity contribution in [3.05, 3.63) is 0 Å². The molecule has 0 radical (unpaired) electrons. The molecule has 0 aromatic rings. The van der Waals surface area contributed by atoms with E-state index in [0.717, 1.165) is 44.9 Å². The summed E-state index contributed by atoms with van der Waals surface area (Å²) in [4.78, 5) is 24.6. The van der Waals surface area contributed by atoms with Crippen molar-refractivity contribution >= 4 is 12.0 Å². The Balaban J connectivity index is 2.52. The highest BCUT2D eigenvalue weighted by Crippen LogP contribution is 2.23. The molecular weight excluding hydrogens is 244 g/mol. The molecule has 1 aliphatic carbocycles. The molecule has 0 aromatic carbocycles. The first-order valence-corrected chi connectivity index (χ1v) is 7.33. The van der Waals surface area contributed by atoms with Crippen molar-refractivity contribution in [3.8, 4) is 0 Å². The Morgan fingerprint density at radius 2 is 2.00 bits per heavy atom. The largest absolute Gasteiger partial charge is 0.480 e. The summed E-state index contributed by atoms with van der Waals surface area (Å²) in [5.41, 5.74) is 0. The van der Waals surface area contributed by atoms with Gasteiger partial charge in [0.05, 0.1) is 0 Å². The first-order chi connectivity index (χ1) is 9.04. The maximum Gasteiger partial charge on any atom is 0.323 e. The van der Waals surface area contributed by atoms with Gasteiger partial charge >= 0.3 is 12.0 Å². The van der Waals surface area contributed by atoms with Gasteiger partial charge in [-0.25, -0.2) is 4.79 Å². The Morgan fingerprint density at radius 3 is 2.53 bits per heavy atom. The first kappa shape index (κ1) is 15.8. The van der Waals surface area contributed by atoms with E-state index in [2.05, 4.69) is 12.2 Å². The quantitative estimate of drug-likeness (QED) is 0.747. The molecule has 110 valence electrons. The average molecular weight is 270 g/mol. The van der Waals surface area contributed by atoms with E-state index in [4.69, 9.17) is 5.11 Å². The zero-order chi connectivity index (χ0) is 14.3. The minimum absolute atomic E-state index is 0.0921. The van der Waals surface area contributed by atoms with Crippen LogP contribution in [0.15, 0.2) is 0 Å². The van der Waals surface area contributed by atoms with E-state index in [9.17, 15) is 9.59 Å². The zero-order valence-corrected chi connectivity index (χ0v) is 12.0. The van der Waals surface area contributed by atoms with Crippen molar-refractivity contribution in [3.63, 3.8) is 0 Å². The Morgan fingerprint density at radius 1 is 1.37 bits per heavy atom. The number of nitrogens with one attached hydrogen (secondary N) is 1. The number of hydrogen-bond acceptors (Lipinski definition) is 2. The van der Waals surface area contributed by atoms with E-state index in [1.165, 1.54) is 4.90 Å². The van der Waals surface area contributed by atoms with Gasteiger partial charge in [0.25, 0.3) is 0 Å². The lowest BCUT2D eigenvalue weighted by molar-refractivity contribution is -0.138. The zero-order valence-electron chi connectivity index (χ0n) is 12.0. The molecule has 0 aromatic heterocycles. The molecule has 0 saturated heterocycles. The molecular formula is C14H26N2O3. The van der Waals surface area contributed by atoms with Gasteiger partial charge in [0.1, 0.15) is 6.54 Å². The molecule has 0 heterocycles. The van der Waals surface area contributed by atoms with Gasteiger partial charge in [0.2, 0.25) is 0 Å². The monoisotopic (exact) mass is 270 g/mol. The Bertz CT molecular complexity index is 301. The smallest absolute Gasteiger partial charge is 0.323 e. The summed E-state index contributed by atoms with van der Waals surface area (Å²) in [5.74, 6) is -0.941. The number of amides is 2. The van der Waals surface area contributed by atoms with E-state index in [0.29, 0.717) is 0 Å². The Kier molecular flexibility index (Phi) is 6.67. The van der Waals surface area contributed by atoms with Crippen LogP contribution in [0.1, 0.15) is 58.8 Å². The van der Waals surface area contributed by atoms with Crippen molar-refractivity contribution in [2.75, 3.05) is 6.54 Å². The third-order valence-corrected chi connectivity index (χ3v) is 3.69. The normalized spacial score (nSPS) is 17.2. The summed E-state index contributed by atoms with van der Waals surface area (Å²) in [6, 6.07) is -0.0301. The van der Waals surface area contributed by atoms with Crippen LogP contribution in [0.2, 0.25) is 0 Å². The van der Waals surface area contributed by atoms with Crippen LogP contribution in [-0.4, -0.2) is 40.6 Å². The summed E-state index contributed by atoms with van der Waals surface area (Å²) in [6.07, 6.45) is 7.12. The summed E-state index contributed by atoms with van der Waals surface area (Å²) >= 11 is 0.